The van der Waals surface area contributed by atoms with Crippen LogP contribution in [0.25, 0.3) is 0 Å². The summed E-state index contributed by atoms with van der Waals surface area (Å²) in [5, 5.41) is 2.89. The molecule has 0 aliphatic heterocycles. The van der Waals surface area contributed by atoms with E-state index in [0.29, 0.717) is 18.0 Å². The van der Waals surface area contributed by atoms with Gasteiger partial charge in [0.1, 0.15) is 12.3 Å². The van der Waals surface area contributed by atoms with E-state index in [9.17, 15) is 13.2 Å². The Balaban J connectivity index is 2.17. The molecule has 6 nitrogen and oxygen atoms in total. The zero-order valence-electron chi connectivity index (χ0n) is 18.6. The second-order valence-corrected chi connectivity index (χ2v) is 10.2. The molecule has 1 N–H and O–H groups in total. The van der Waals surface area contributed by atoms with Crippen molar-refractivity contribution in [2.75, 3.05) is 23.7 Å². The van der Waals surface area contributed by atoms with Gasteiger partial charge < -0.3 is 10.1 Å². The molecule has 1 atom stereocenters. The molecule has 0 aliphatic rings. The van der Waals surface area contributed by atoms with Crippen LogP contribution < -0.4 is 14.4 Å². The zero-order valence-corrected chi connectivity index (χ0v) is 19.4. The van der Waals surface area contributed by atoms with E-state index >= 15 is 0 Å². The molecule has 164 valence electrons. The lowest BCUT2D eigenvalue weighted by atomic mass is 9.86. The van der Waals surface area contributed by atoms with Gasteiger partial charge in [0.15, 0.2) is 0 Å². The highest BCUT2D eigenvalue weighted by atomic mass is 32.2. The van der Waals surface area contributed by atoms with Crippen LogP contribution in [0.5, 0.6) is 5.75 Å². The summed E-state index contributed by atoms with van der Waals surface area (Å²) in [6.45, 7) is 10.2. The summed E-state index contributed by atoms with van der Waals surface area (Å²) in [5.41, 5.74) is 2.56. The van der Waals surface area contributed by atoms with Crippen LogP contribution in [0.1, 0.15) is 51.8 Å². The quantitative estimate of drug-likeness (QED) is 0.683. The van der Waals surface area contributed by atoms with Gasteiger partial charge in [0.2, 0.25) is 15.9 Å². The highest BCUT2D eigenvalue weighted by Gasteiger charge is 2.24. The molecule has 0 spiro atoms. The molecule has 2 aromatic rings. The molecule has 0 saturated carbocycles. The Morgan fingerprint density at radius 2 is 1.70 bits per heavy atom. The van der Waals surface area contributed by atoms with Crippen molar-refractivity contribution in [2.24, 2.45) is 0 Å². The van der Waals surface area contributed by atoms with Crippen LogP contribution in [0, 0.1) is 0 Å². The number of sulfonamides is 1. The molecule has 0 saturated heterocycles. The van der Waals surface area contributed by atoms with Gasteiger partial charge in [-0.25, -0.2) is 8.42 Å². The topological polar surface area (TPSA) is 75.7 Å². The number of anilines is 1. The van der Waals surface area contributed by atoms with Crippen LogP contribution in [-0.2, 0) is 20.2 Å². The van der Waals surface area contributed by atoms with Gasteiger partial charge in [-0.2, -0.15) is 0 Å². The van der Waals surface area contributed by atoms with E-state index in [2.05, 4.69) is 38.2 Å². The number of hydrogen-bond donors (Lipinski definition) is 1. The van der Waals surface area contributed by atoms with Gasteiger partial charge in [0.05, 0.1) is 24.6 Å². The SMILES string of the molecule is CCOc1ccccc1N(CC(=O)N[C@H](C)c1ccc(C(C)(C)C)cc1)S(C)(=O)=O. The Hall–Kier alpha value is -2.54. The maximum absolute atomic E-state index is 12.7. The third kappa shape index (κ3) is 6.23. The predicted molar refractivity (Wildman–Crippen MR) is 122 cm³/mol. The van der Waals surface area contributed by atoms with E-state index in [1.54, 1.807) is 24.3 Å². The summed E-state index contributed by atoms with van der Waals surface area (Å²) < 4.78 is 31.4. The smallest absolute Gasteiger partial charge is 0.241 e. The molecule has 2 aromatic carbocycles. The summed E-state index contributed by atoms with van der Waals surface area (Å²) in [4.78, 5) is 12.7. The van der Waals surface area contributed by atoms with Crippen molar-refractivity contribution in [3.8, 4) is 5.75 Å². The van der Waals surface area contributed by atoms with Crippen molar-refractivity contribution < 1.29 is 17.9 Å². The Morgan fingerprint density at radius 3 is 2.23 bits per heavy atom. The molecule has 0 radical (unpaired) electrons. The molecular formula is C23H32N2O4S. The predicted octanol–water partition coefficient (Wildman–Crippen LogP) is 4.03. The summed E-state index contributed by atoms with van der Waals surface area (Å²) >= 11 is 0. The molecular weight excluding hydrogens is 400 g/mol. The maximum Gasteiger partial charge on any atom is 0.241 e. The first-order valence-electron chi connectivity index (χ1n) is 10.0. The van der Waals surface area contributed by atoms with Crippen molar-refractivity contribution in [1.82, 2.24) is 5.32 Å². The monoisotopic (exact) mass is 432 g/mol. The average Bonchev–Trinajstić information content (AvgIpc) is 2.65. The minimum absolute atomic E-state index is 0.0505. The highest BCUT2D eigenvalue weighted by molar-refractivity contribution is 7.92. The summed E-state index contributed by atoms with van der Waals surface area (Å²) in [7, 11) is -3.68. The second kappa shape index (κ2) is 9.51. The van der Waals surface area contributed by atoms with Gasteiger partial charge in [-0.15, -0.1) is 0 Å². The van der Waals surface area contributed by atoms with Gasteiger partial charge in [0, 0.05) is 0 Å². The molecule has 0 heterocycles. The number of ether oxygens (including phenoxy) is 1. The fraction of sp³-hybridized carbons (Fsp3) is 0.435. The molecule has 0 unspecified atom stereocenters. The molecule has 30 heavy (non-hydrogen) atoms. The van der Waals surface area contributed by atoms with E-state index in [1.165, 1.54) is 5.56 Å². The van der Waals surface area contributed by atoms with E-state index in [1.807, 2.05) is 26.0 Å². The fourth-order valence-electron chi connectivity index (χ4n) is 3.09. The van der Waals surface area contributed by atoms with Gasteiger partial charge in [0.25, 0.3) is 0 Å². The van der Waals surface area contributed by atoms with Crippen LogP contribution >= 0.6 is 0 Å². The molecule has 0 aliphatic carbocycles. The summed E-state index contributed by atoms with van der Waals surface area (Å²) in [6, 6.07) is 14.6. The Bertz CT molecular complexity index is 963. The summed E-state index contributed by atoms with van der Waals surface area (Å²) in [5.74, 6) is 0.0307. The second-order valence-electron chi connectivity index (χ2n) is 8.33. The summed E-state index contributed by atoms with van der Waals surface area (Å²) in [6.07, 6.45) is 1.08. The number of benzene rings is 2. The van der Waals surface area contributed by atoms with Gasteiger partial charge in [-0.1, -0.05) is 57.2 Å². The van der Waals surface area contributed by atoms with Crippen molar-refractivity contribution in [2.45, 2.75) is 46.1 Å². The molecule has 0 fully saturated rings. The van der Waals surface area contributed by atoms with Gasteiger partial charge >= 0.3 is 0 Å². The number of nitrogens with one attached hydrogen (secondary N) is 1. The molecule has 2 rings (SSSR count). The molecule has 0 bridgehead atoms. The van der Waals surface area contributed by atoms with E-state index in [0.717, 1.165) is 16.1 Å². The third-order valence-electron chi connectivity index (χ3n) is 4.78. The largest absolute Gasteiger partial charge is 0.492 e. The number of carbonyl (C=O) groups excluding carboxylic acids is 1. The van der Waals surface area contributed by atoms with Crippen LogP contribution in [0.2, 0.25) is 0 Å². The average molecular weight is 433 g/mol. The minimum atomic E-state index is -3.68. The third-order valence-corrected chi connectivity index (χ3v) is 5.90. The van der Waals surface area contributed by atoms with Crippen LogP contribution in [0.3, 0.4) is 0 Å². The van der Waals surface area contributed by atoms with Crippen LogP contribution in [0.15, 0.2) is 48.5 Å². The standard InChI is InChI=1S/C23H32N2O4S/c1-7-29-21-11-9-8-10-20(21)25(30(6,27)28)16-22(26)24-17(2)18-12-14-19(15-13-18)23(3,4)5/h8-15,17H,7,16H2,1-6H3,(H,24,26)/t17-/m1/s1. The molecule has 1 amide bonds. The number of para-hydroxylation sites is 2. The first-order chi connectivity index (χ1) is 13.9. The number of carbonyl (C=O) groups is 1. The van der Waals surface area contributed by atoms with E-state index < -0.39 is 10.0 Å². The zero-order chi connectivity index (χ0) is 22.5. The Morgan fingerprint density at radius 1 is 1.10 bits per heavy atom. The molecule has 7 heteroatoms. The Kier molecular flexibility index (Phi) is 7.53. The van der Waals surface area contributed by atoms with Crippen LogP contribution in [-0.4, -0.2) is 33.7 Å². The van der Waals surface area contributed by atoms with Crippen molar-refractivity contribution in [1.29, 1.82) is 0 Å². The van der Waals surface area contributed by atoms with Crippen LogP contribution in [0.4, 0.5) is 5.69 Å². The number of hydrogen-bond acceptors (Lipinski definition) is 4. The normalized spacial score (nSPS) is 12.9. The lowest BCUT2D eigenvalue weighted by Gasteiger charge is -2.25. The van der Waals surface area contributed by atoms with Crippen molar-refractivity contribution >= 4 is 21.6 Å². The lowest BCUT2D eigenvalue weighted by Crippen LogP contribution is -2.41. The number of nitrogens with zero attached hydrogens (tertiary/aromatic N) is 1. The first-order valence-corrected chi connectivity index (χ1v) is 11.9. The van der Waals surface area contributed by atoms with Gasteiger partial charge in [-0.3, -0.25) is 9.10 Å². The molecule has 0 aromatic heterocycles. The first kappa shape index (κ1) is 23.7. The fourth-order valence-corrected chi connectivity index (χ4v) is 3.95. The van der Waals surface area contributed by atoms with Crippen molar-refractivity contribution in [3.63, 3.8) is 0 Å². The lowest BCUT2D eigenvalue weighted by molar-refractivity contribution is -0.120. The highest BCUT2D eigenvalue weighted by Crippen LogP contribution is 2.30. The number of amides is 1. The number of rotatable bonds is 8. The Labute approximate surface area is 180 Å². The van der Waals surface area contributed by atoms with E-state index in [-0.39, 0.29) is 23.9 Å². The van der Waals surface area contributed by atoms with Crippen molar-refractivity contribution in [3.05, 3.63) is 59.7 Å². The van der Waals surface area contributed by atoms with E-state index in [4.69, 9.17) is 4.74 Å². The van der Waals surface area contributed by atoms with Gasteiger partial charge in [-0.05, 0) is 42.5 Å². The maximum atomic E-state index is 12.7. The minimum Gasteiger partial charge on any atom is -0.492 e.